The quantitative estimate of drug-likeness (QED) is 0.551. The zero-order valence-corrected chi connectivity index (χ0v) is 16.3. The number of hydrogen-bond acceptors (Lipinski definition) is 4. The molecular weight excluding hydrogens is 348 g/mol. The predicted octanol–water partition coefficient (Wildman–Crippen LogP) is 3.67. The fourth-order valence-corrected chi connectivity index (χ4v) is 5.31. The third-order valence-electron chi connectivity index (χ3n) is 6.54. The molecule has 2 atom stereocenters. The van der Waals surface area contributed by atoms with Crippen LogP contribution in [-0.4, -0.2) is 35.1 Å². The SMILES string of the molecule is CCn1c(CN2[C@H]3CC[C@H]2c2cnc4cc(C)nn4c2C3)nc2ccccc21. The second-order valence-corrected chi connectivity index (χ2v) is 8.10. The molecule has 0 N–H and O–H groups in total. The molecule has 3 aromatic heterocycles. The molecule has 0 amide bonds. The average Bonchev–Trinajstić information content (AvgIpc) is 3.33. The molecule has 1 fully saturated rings. The highest BCUT2D eigenvalue weighted by molar-refractivity contribution is 5.75. The van der Waals surface area contributed by atoms with Gasteiger partial charge in [0.15, 0.2) is 5.65 Å². The van der Waals surface area contributed by atoms with Crippen molar-refractivity contribution in [2.45, 2.75) is 58.3 Å². The predicted molar refractivity (Wildman–Crippen MR) is 108 cm³/mol. The normalized spacial score (nSPS) is 21.6. The van der Waals surface area contributed by atoms with Gasteiger partial charge in [-0.25, -0.2) is 14.5 Å². The standard InChI is InChI=1S/C22H24N6/c1-3-26-19-7-5-4-6-17(19)24-22(26)13-27-15-8-9-18(27)16-12-23-21-10-14(2)25-28(21)20(16)11-15/h4-7,10,12,15,18H,3,8-9,11,13H2,1-2H3/t15-,18-/m0/s1. The Hall–Kier alpha value is -2.73. The second kappa shape index (κ2) is 5.88. The van der Waals surface area contributed by atoms with Gasteiger partial charge in [0, 0.05) is 42.9 Å². The lowest BCUT2D eigenvalue weighted by molar-refractivity contribution is 0.159. The lowest BCUT2D eigenvalue weighted by atomic mass is 9.99. The summed E-state index contributed by atoms with van der Waals surface area (Å²) >= 11 is 0. The van der Waals surface area contributed by atoms with Crippen LogP contribution in [0.5, 0.6) is 0 Å². The van der Waals surface area contributed by atoms with Crippen molar-refractivity contribution in [2.24, 2.45) is 0 Å². The van der Waals surface area contributed by atoms with Gasteiger partial charge in [-0.2, -0.15) is 5.10 Å². The molecule has 6 nitrogen and oxygen atoms in total. The van der Waals surface area contributed by atoms with Crippen LogP contribution < -0.4 is 0 Å². The van der Waals surface area contributed by atoms with Crippen molar-refractivity contribution in [1.82, 2.24) is 29.0 Å². The van der Waals surface area contributed by atoms with Crippen molar-refractivity contribution in [3.8, 4) is 0 Å². The van der Waals surface area contributed by atoms with Crippen LogP contribution in [0.3, 0.4) is 0 Å². The molecule has 1 saturated heterocycles. The fraction of sp³-hybridized carbons (Fsp3) is 0.409. The molecule has 0 aliphatic carbocycles. The van der Waals surface area contributed by atoms with Crippen molar-refractivity contribution < 1.29 is 0 Å². The summed E-state index contributed by atoms with van der Waals surface area (Å²) in [6.45, 7) is 6.09. The minimum absolute atomic E-state index is 0.417. The molecule has 4 aromatic rings. The van der Waals surface area contributed by atoms with Gasteiger partial charge in [-0.1, -0.05) is 12.1 Å². The summed E-state index contributed by atoms with van der Waals surface area (Å²) in [5, 5.41) is 4.71. The maximum atomic E-state index is 4.97. The highest BCUT2D eigenvalue weighted by Gasteiger charge is 2.41. The van der Waals surface area contributed by atoms with Gasteiger partial charge in [0.2, 0.25) is 0 Å². The van der Waals surface area contributed by atoms with Crippen LogP contribution >= 0.6 is 0 Å². The van der Waals surface area contributed by atoms with Gasteiger partial charge >= 0.3 is 0 Å². The first kappa shape index (κ1) is 16.2. The molecule has 5 heterocycles. The van der Waals surface area contributed by atoms with E-state index in [-0.39, 0.29) is 0 Å². The Morgan fingerprint density at radius 2 is 2.07 bits per heavy atom. The van der Waals surface area contributed by atoms with Crippen molar-refractivity contribution in [3.05, 3.63) is 59.3 Å². The first-order valence-corrected chi connectivity index (χ1v) is 10.3. The summed E-state index contributed by atoms with van der Waals surface area (Å²) in [4.78, 5) is 12.3. The second-order valence-electron chi connectivity index (χ2n) is 8.10. The first-order valence-electron chi connectivity index (χ1n) is 10.3. The lowest BCUT2D eigenvalue weighted by Crippen LogP contribution is -2.38. The van der Waals surface area contributed by atoms with E-state index in [0.29, 0.717) is 12.1 Å². The molecule has 0 radical (unpaired) electrons. The summed E-state index contributed by atoms with van der Waals surface area (Å²) in [5.41, 5.74) is 7.04. The van der Waals surface area contributed by atoms with E-state index in [0.717, 1.165) is 36.4 Å². The summed E-state index contributed by atoms with van der Waals surface area (Å²) in [7, 11) is 0. The number of para-hydroxylation sites is 2. The number of hydrogen-bond donors (Lipinski definition) is 0. The van der Waals surface area contributed by atoms with Crippen LogP contribution in [0.25, 0.3) is 16.7 Å². The Morgan fingerprint density at radius 3 is 2.96 bits per heavy atom. The number of imidazole rings is 1. The van der Waals surface area contributed by atoms with E-state index in [2.05, 4.69) is 57.4 Å². The molecule has 142 valence electrons. The number of rotatable bonds is 3. The van der Waals surface area contributed by atoms with Crippen molar-refractivity contribution >= 4 is 16.7 Å². The topological polar surface area (TPSA) is 51.2 Å². The summed E-state index contributed by atoms with van der Waals surface area (Å²) in [5.74, 6) is 1.17. The Bertz CT molecular complexity index is 1200. The molecule has 0 unspecified atom stereocenters. The fourth-order valence-electron chi connectivity index (χ4n) is 5.31. The third kappa shape index (κ3) is 2.21. The third-order valence-corrected chi connectivity index (χ3v) is 6.54. The van der Waals surface area contributed by atoms with E-state index in [9.17, 15) is 0 Å². The Morgan fingerprint density at radius 1 is 1.18 bits per heavy atom. The molecule has 6 heteroatoms. The molecule has 0 saturated carbocycles. The highest BCUT2D eigenvalue weighted by atomic mass is 15.3. The molecule has 28 heavy (non-hydrogen) atoms. The smallest absolute Gasteiger partial charge is 0.155 e. The Labute approximate surface area is 163 Å². The van der Waals surface area contributed by atoms with E-state index in [1.165, 1.54) is 35.4 Å². The Balaban J connectivity index is 1.41. The Kier molecular flexibility index (Phi) is 3.41. The molecule has 6 rings (SSSR count). The average molecular weight is 372 g/mol. The summed E-state index contributed by atoms with van der Waals surface area (Å²) in [6, 6.07) is 11.5. The van der Waals surface area contributed by atoms with E-state index < -0.39 is 0 Å². The number of benzene rings is 1. The number of nitrogens with zero attached hydrogens (tertiary/aromatic N) is 6. The molecule has 0 spiro atoms. The van der Waals surface area contributed by atoms with E-state index in [1.807, 2.05) is 6.92 Å². The van der Waals surface area contributed by atoms with Gasteiger partial charge < -0.3 is 4.57 Å². The van der Waals surface area contributed by atoms with Gasteiger partial charge in [0.05, 0.1) is 29.0 Å². The minimum Gasteiger partial charge on any atom is -0.327 e. The molecule has 2 aliphatic rings. The van der Waals surface area contributed by atoms with E-state index >= 15 is 0 Å². The molecule has 1 aromatic carbocycles. The van der Waals surface area contributed by atoms with Crippen LogP contribution in [0, 0.1) is 6.92 Å². The molecule has 2 aliphatic heterocycles. The van der Waals surface area contributed by atoms with Crippen molar-refractivity contribution in [2.75, 3.05) is 0 Å². The maximum absolute atomic E-state index is 4.97. The van der Waals surface area contributed by atoms with Crippen LogP contribution in [0.4, 0.5) is 0 Å². The number of aromatic nitrogens is 5. The van der Waals surface area contributed by atoms with Crippen LogP contribution in [0.15, 0.2) is 36.5 Å². The number of fused-ring (bicyclic) bond motifs is 7. The molecule has 2 bridgehead atoms. The largest absolute Gasteiger partial charge is 0.327 e. The van der Waals surface area contributed by atoms with Crippen molar-refractivity contribution in [1.29, 1.82) is 0 Å². The van der Waals surface area contributed by atoms with E-state index in [4.69, 9.17) is 15.1 Å². The zero-order chi connectivity index (χ0) is 18.8. The monoisotopic (exact) mass is 372 g/mol. The van der Waals surface area contributed by atoms with Gasteiger partial charge in [0.1, 0.15) is 5.82 Å². The van der Waals surface area contributed by atoms with Crippen LogP contribution in [0.2, 0.25) is 0 Å². The summed E-state index contributed by atoms with van der Waals surface area (Å²) < 4.78 is 4.44. The highest BCUT2D eigenvalue weighted by Crippen LogP contribution is 2.44. The number of aryl methyl sites for hydroxylation is 2. The van der Waals surface area contributed by atoms with E-state index in [1.54, 1.807) is 0 Å². The maximum Gasteiger partial charge on any atom is 0.155 e. The molecular formula is C22H24N6. The zero-order valence-electron chi connectivity index (χ0n) is 16.3. The van der Waals surface area contributed by atoms with Gasteiger partial charge in [-0.15, -0.1) is 0 Å². The van der Waals surface area contributed by atoms with Gasteiger partial charge in [-0.3, -0.25) is 4.90 Å². The van der Waals surface area contributed by atoms with Gasteiger partial charge in [0.25, 0.3) is 0 Å². The lowest BCUT2D eigenvalue weighted by Gasteiger charge is -2.35. The minimum atomic E-state index is 0.417. The summed E-state index contributed by atoms with van der Waals surface area (Å²) in [6.07, 6.45) is 5.55. The van der Waals surface area contributed by atoms with Crippen LogP contribution in [-0.2, 0) is 19.5 Å². The van der Waals surface area contributed by atoms with Gasteiger partial charge in [-0.05, 0) is 38.8 Å². The first-order chi connectivity index (χ1) is 13.7. The van der Waals surface area contributed by atoms with Crippen LogP contribution in [0.1, 0.15) is 48.6 Å². The van der Waals surface area contributed by atoms with Crippen molar-refractivity contribution in [3.63, 3.8) is 0 Å².